The van der Waals surface area contributed by atoms with Crippen LogP contribution in [-0.2, 0) is 6.54 Å². The van der Waals surface area contributed by atoms with Crippen molar-refractivity contribution in [2.75, 3.05) is 11.9 Å². The van der Waals surface area contributed by atoms with Crippen molar-refractivity contribution in [2.45, 2.75) is 6.54 Å². The van der Waals surface area contributed by atoms with E-state index < -0.39 is 0 Å². The summed E-state index contributed by atoms with van der Waals surface area (Å²) in [5.41, 5.74) is 6.96. The van der Waals surface area contributed by atoms with Gasteiger partial charge in [-0.05, 0) is 23.8 Å². The summed E-state index contributed by atoms with van der Waals surface area (Å²) in [4.78, 5) is 10.3. The van der Waals surface area contributed by atoms with Crippen LogP contribution in [0.25, 0.3) is 0 Å². The lowest BCUT2D eigenvalue weighted by molar-refractivity contribution is 0.318. The first kappa shape index (κ1) is 14.1. The molecule has 2 rings (SSSR count). The van der Waals surface area contributed by atoms with Gasteiger partial charge < -0.3 is 15.8 Å². The summed E-state index contributed by atoms with van der Waals surface area (Å²) in [7, 11) is 1.86. The monoisotopic (exact) mass is 291 g/mol. The van der Waals surface area contributed by atoms with Gasteiger partial charge in [-0.1, -0.05) is 28.9 Å². The Labute approximate surface area is 121 Å². The third-order valence-electron chi connectivity index (χ3n) is 2.69. The van der Waals surface area contributed by atoms with Crippen LogP contribution in [0.3, 0.4) is 0 Å². The van der Waals surface area contributed by atoms with E-state index in [0.29, 0.717) is 23.2 Å². The highest BCUT2D eigenvalue weighted by Gasteiger charge is 2.08. The predicted molar refractivity (Wildman–Crippen MR) is 78.1 cm³/mol. The molecule has 0 bridgehead atoms. The molecule has 0 unspecified atom stereocenters. The van der Waals surface area contributed by atoms with Gasteiger partial charge in [0, 0.05) is 24.8 Å². The molecular weight excluding hydrogens is 278 g/mol. The maximum absolute atomic E-state index is 8.66. The van der Waals surface area contributed by atoms with Crippen molar-refractivity contribution < 1.29 is 5.21 Å². The molecule has 1 aromatic carbocycles. The van der Waals surface area contributed by atoms with Gasteiger partial charge in [-0.2, -0.15) is 0 Å². The standard InChI is InChI=1S/C13H14ClN5O/c1-19(8-9-2-4-10(14)5-3-9)13-16-7-6-11(17-13)12(15)18-20/h2-7,20H,8H2,1H3,(H2,15,18). The highest BCUT2D eigenvalue weighted by atomic mass is 35.5. The van der Waals surface area contributed by atoms with Crippen molar-refractivity contribution in [1.82, 2.24) is 9.97 Å². The van der Waals surface area contributed by atoms with E-state index in [1.165, 1.54) is 0 Å². The predicted octanol–water partition coefficient (Wildman–Crippen LogP) is 1.86. The summed E-state index contributed by atoms with van der Waals surface area (Å²) >= 11 is 5.85. The van der Waals surface area contributed by atoms with E-state index in [0.717, 1.165) is 5.56 Å². The summed E-state index contributed by atoms with van der Waals surface area (Å²) in [5.74, 6) is 0.442. The van der Waals surface area contributed by atoms with Gasteiger partial charge in [0.1, 0.15) is 5.69 Å². The average molecular weight is 292 g/mol. The number of benzene rings is 1. The van der Waals surface area contributed by atoms with Crippen molar-refractivity contribution in [3.63, 3.8) is 0 Å². The van der Waals surface area contributed by atoms with Gasteiger partial charge in [0.05, 0.1) is 0 Å². The molecule has 6 nitrogen and oxygen atoms in total. The Balaban J connectivity index is 2.16. The van der Waals surface area contributed by atoms with Gasteiger partial charge in [0.15, 0.2) is 5.84 Å². The van der Waals surface area contributed by atoms with E-state index in [9.17, 15) is 0 Å². The molecule has 0 aliphatic rings. The van der Waals surface area contributed by atoms with Crippen molar-refractivity contribution in [2.24, 2.45) is 10.9 Å². The molecule has 1 heterocycles. The number of anilines is 1. The minimum absolute atomic E-state index is 0.0476. The Morgan fingerprint density at radius 2 is 2.05 bits per heavy atom. The van der Waals surface area contributed by atoms with Gasteiger partial charge in [-0.25, -0.2) is 9.97 Å². The highest BCUT2D eigenvalue weighted by Crippen LogP contribution is 2.13. The zero-order chi connectivity index (χ0) is 14.5. The van der Waals surface area contributed by atoms with Crippen LogP contribution in [0, 0.1) is 0 Å². The molecule has 3 N–H and O–H groups in total. The number of oxime groups is 1. The van der Waals surface area contributed by atoms with E-state index >= 15 is 0 Å². The minimum atomic E-state index is -0.0476. The number of nitrogens with zero attached hydrogens (tertiary/aromatic N) is 4. The fourth-order valence-electron chi connectivity index (χ4n) is 1.66. The van der Waals surface area contributed by atoms with E-state index in [2.05, 4.69) is 15.1 Å². The molecule has 0 atom stereocenters. The van der Waals surface area contributed by atoms with Crippen LogP contribution >= 0.6 is 11.6 Å². The van der Waals surface area contributed by atoms with E-state index in [4.69, 9.17) is 22.5 Å². The number of amidine groups is 1. The summed E-state index contributed by atoms with van der Waals surface area (Å²) in [5, 5.41) is 12.3. The molecule has 0 amide bonds. The normalized spacial score (nSPS) is 11.4. The maximum Gasteiger partial charge on any atom is 0.226 e. The van der Waals surface area contributed by atoms with Crippen LogP contribution in [0.4, 0.5) is 5.95 Å². The molecule has 0 aliphatic heterocycles. The lowest BCUT2D eigenvalue weighted by atomic mass is 10.2. The first-order chi connectivity index (χ1) is 9.60. The second kappa shape index (κ2) is 6.21. The van der Waals surface area contributed by atoms with Crippen LogP contribution in [0.1, 0.15) is 11.3 Å². The zero-order valence-corrected chi connectivity index (χ0v) is 11.6. The van der Waals surface area contributed by atoms with Crippen LogP contribution < -0.4 is 10.6 Å². The molecule has 0 fully saturated rings. The first-order valence-corrected chi connectivity index (χ1v) is 6.24. The van der Waals surface area contributed by atoms with Gasteiger partial charge in [-0.3, -0.25) is 0 Å². The molecule has 2 aromatic rings. The van der Waals surface area contributed by atoms with Crippen molar-refractivity contribution >= 4 is 23.4 Å². The second-order valence-electron chi connectivity index (χ2n) is 4.21. The van der Waals surface area contributed by atoms with Crippen LogP contribution in [0.5, 0.6) is 0 Å². The Hall–Kier alpha value is -2.34. The Bertz CT molecular complexity index is 614. The highest BCUT2D eigenvalue weighted by molar-refractivity contribution is 6.30. The van der Waals surface area contributed by atoms with Crippen molar-refractivity contribution in [1.29, 1.82) is 0 Å². The molecule has 7 heteroatoms. The van der Waals surface area contributed by atoms with Crippen LogP contribution in [-0.4, -0.2) is 28.1 Å². The fourth-order valence-corrected chi connectivity index (χ4v) is 1.79. The third kappa shape index (κ3) is 3.36. The summed E-state index contributed by atoms with van der Waals surface area (Å²) in [6.07, 6.45) is 1.56. The topological polar surface area (TPSA) is 87.6 Å². The second-order valence-corrected chi connectivity index (χ2v) is 4.65. The number of rotatable bonds is 4. The van der Waals surface area contributed by atoms with E-state index in [1.807, 2.05) is 36.2 Å². The van der Waals surface area contributed by atoms with Crippen LogP contribution in [0.2, 0.25) is 5.02 Å². The summed E-state index contributed by atoms with van der Waals surface area (Å²) < 4.78 is 0. The first-order valence-electron chi connectivity index (χ1n) is 5.86. The molecule has 0 saturated carbocycles. The lowest BCUT2D eigenvalue weighted by Crippen LogP contribution is -2.22. The lowest BCUT2D eigenvalue weighted by Gasteiger charge is -2.17. The fraction of sp³-hybridized carbons (Fsp3) is 0.154. The Morgan fingerprint density at radius 1 is 1.35 bits per heavy atom. The smallest absolute Gasteiger partial charge is 0.226 e. The molecule has 1 aromatic heterocycles. The number of hydrogen-bond acceptors (Lipinski definition) is 5. The third-order valence-corrected chi connectivity index (χ3v) is 2.94. The van der Waals surface area contributed by atoms with Gasteiger partial charge in [0.25, 0.3) is 0 Å². The maximum atomic E-state index is 8.66. The minimum Gasteiger partial charge on any atom is -0.409 e. The SMILES string of the molecule is CN(Cc1ccc(Cl)cc1)c1nccc(/C(N)=N/O)n1. The van der Waals surface area contributed by atoms with Crippen molar-refractivity contribution in [3.8, 4) is 0 Å². The molecule has 0 aliphatic carbocycles. The number of halogens is 1. The number of nitrogens with two attached hydrogens (primary N) is 1. The summed E-state index contributed by atoms with van der Waals surface area (Å²) in [6, 6.07) is 9.12. The number of hydrogen-bond donors (Lipinski definition) is 2. The quantitative estimate of drug-likeness (QED) is 0.388. The Kier molecular flexibility index (Phi) is 4.37. The zero-order valence-electron chi connectivity index (χ0n) is 10.9. The van der Waals surface area contributed by atoms with Crippen molar-refractivity contribution in [3.05, 3.63) is 52.8 Å². The van der Waals surface area contributed by atoms with E-state index in [1.54, 1.807) is 12.3 Å². The molecule has 0 saturated heterocycles. The number of aromatic nitrogens is 2. The molecule has 104 valence electrons. The van der Waals surface area contributed by atoms with E-state index in [-0.39, 0.29) is 5.84 Å². The molecule has 0 radical (unpaired) electrons. The largest absolute Gasteiger partial charge is 0.409 e. The van der Waals surface area contributed by atoms with Gasteiger partial charge >= 0.3 is 0 Å². The summed E-state index contributed by atoms with van der Waals surface area (Å²) in [6.45, 7) is 0.622. The van der Waals surface area contributed by atoms with Crippen LogP contribution in [0.15, 0.2) is 41.7 Å². The molecule has 20 heavy (non-hydrogen) atoms. The Morgan fingerprint density at radius 3 is 2.70 bits per heavy atom. The molecular formula is C13H14ClN5O. The average Bonchev–Trinajstić information content (AvgIpc) is 2.49. The van der Waals surface area contributed by atoms with Gasteiger partial charge in [0.2, 0.25) is 5.95 Å². The van der Waals surface area contributed by atoms with Gasteiger partial charge in [-0.15, -0.1) is 0 Å². The molecule has 0 spiro atoms.